The molecule has 2 aromatic rings. The van der Waals surface area contributed by atoms with E-state index in [2.05, 4.69) is 18.1 Å². The molecule has 1 aromatic carbocycles. The average Bonchev–Trinajstić information content (AvgIpc) is 2.92. The third kappa shape index (κ3) is 4.28. The van der Waals surface area contributed by atoms with Crippen molar-refractivity contribution in [2.24, 2.45) is 0 Å². The van der Waals surface area contributed by atoms with Gasteiger partial charge in [-0.05, 0) is 57.4 Å². The molecule has 1 aliphatic rings. The number of piperidine rings is 1. The normalized spacial score (nSPS) is 17.7. The van der Waals surface area contributed by atoms with E-state index in [0.717, 1.165) is 41.9 Å². The van der Waals surface area contributed by atoms with Crippen LogP contribution in [-0.2, 0) is 11.3 Å². The van der Waals surface area contributed by atoms with Crippen LogP contribution >= 0.6 is 0 Å². The van der Waals surface area contributed by atoms with Crippen LogP contribution in [0.25, 0.3) is 0 Å². The van der Waals surface area contributed by atoms with Crippen molar-refractivity contribution in [3.8, 4) is 0 Å². The number of benzene rings is 1. The molecule has 0 N–H and O–H groups in total. The van der Waals surface area contributed by atoms with E-state index >= 15 is 0 Å². The predicted octanol–water partition coefficient (Wildman–Crippen LogP) is 3.19. The highest BCUT2D eigenvalue weighted by molar-refractivity contribution is 5.94. The molecule has 2 heterocycles. The summed E-state index contributed by atoms with van der Waals surface area (Å²) in [7, 11) is 0. The smallest absolute Gasteiger partial charge is 0.253 e. The molecule has 0 unspecified atom stereocenters. The van der Waals surface area contributed by atoms with Crippen molar-refractivity contribution < 1.29 is 9.53 Å². The van der Waals surface area contributed by atoms with Gasteiger partial charge in [-0.3, -0.25) is 9.48 Å². The lowest BCUT2D eigenvalue weighted by Crippen LogP contribution is -2.43. The van der Waals surface area contributed by atoms with E-state index in [1.165, 1.54) is 0 Å². The van der Waals surface area contributed by atoms with Crippen LogP contribution in [-0.4, -0.2) is 46.4 Å². The van der Waals surface area contributed by atoms with Crippen molar-refractivity contribution in [3.63, 3.8) is 0 Å². The summed E-state index contributed by atoms with van der Waals surface area (Å²) in [4.78, 5) is 14.8. The lowest BCUT2D eigenvalue weighted by molar-refractivity contribution is 0.00724. The molecule has 1 atom stereocenters. The molecule has 25 heavy (non-hydrogen) atoms. The van der Waals surface area contributed by atoms with Crippen molar-refractivity contribution in [3.05, 3.63) is 52.8 Å². The van der Waals surface area contributed by atoms with Crippen LogP contribution in [0.15, 0.2) is 30.3 Å². The number of carbonyl (C=O) groups is 1. The van der Waals surface area contributed by atoms with Crippen molar-refractivity contribution in [2.45, 2.75) is 46.3 Å². The van der Waals surface area contributed by atoms with Gasteiger partial charge in [0.25, 0.3) is 5.91 Å². The SMILES string of the molecule is CCO[C@H]1CCCN(C(=O)c2cccc(Cn3nc(C)cc3C)c2)C1. The molecule has 1 fully saturated rings. The maximum Gasteiger partial charge on any atom is 0.253 e. The third-order valence-electron chi connectivity index (χ3n) is 4.68. The lowest BCUT2D eigenvalue weighted by atomic mass is 10.1. The van der Waals surface area contributed by atoms with Gasteiger partial charge in [0.05, 0.1) is 18.3 Å². The highest BCUT2D eigenvalue weighted by Gasteiger charge is 2.24. The fraction of sp³-hybridized carbons (Fsp3) is 0.500. The fourth-order valence-electron chi connectivity index (χ4n) is 3.49. The first-order valence-electron chi connectivity index (χ1n) is 9.07. The van der Waals surface area contributed by atoms with Crippen LogP contribution in [0.2, 0.25) is 0 Å². The third-order valence-corrected chi connectivity index (χ3v) is 4.68. The molecule has 1 saturated heterocycles. The largest absolute Gasteiger partial charge is 0.377 e. The van der Waals surface area contributed by atoms with E-state index in [1.807, 2.05) is 47.7 Å². The van der Waals surface area contributed by atoms with Crippen molar-refractivity contribution in [2.75, 3.05) is 19.7 Å². The van der Waals surface area contributed by atoms with Gasteiger partial charge in [-0.15, -0.1) is 0 Å². The number of carbonyl (C=O) groups excluding carboxylic acids is 1. The second kappa shape index (κ2) is 7.83. The van der Waals surface area contributed by atoms with E-state index in [-0.39, 0.29) is 12.0 Å². The first kappa shape index (κ1) is 17.7. The molecule has 0 bridgehead atoms. The second-order valence-electron chi connectivity index (χ2n) is 6.76. The number of aromatic nitrogens is 2. The molecule has 5 heteroatoms. The molecule has 0 saturated carbocycles. The zero-order chi connectivity index (χ0) is 17.8. The predicted molar refractivity (Wildman–Crippen MR) is 97.8 cm³/mol. The van der Waals surface area contributed by atoms with Gasteiger partial charge in [0, 0.05) is 31.0 Å². The first-order valence-corrected chi connectivity index (χ1v) is 9.07. The molecule has 5 nitrogen and oxygen atoms in total. The summed E-state index contributed by atoms with van der Waals surface area (Å²) in [5.74, 6) is 0.0969. The van der Waals surface area contributed by atoms with Gasteiger partial charge in [0.1, 0.15) is 0 Å². The number of rotatable bonds is 5. The lowest BCUT2D eigenvalue weighted by Gasteiger charge is -2.32. The Morgan fingerprint density at radius 3 is 2.88 bits per heavy atom. The zero-order valence-corrected chi connectivity index (χ0v) is 15.4. The van der Waals surface area contributed by atoms with Gasteiger partial charge in [-0.25, -0.2) is 0 Å². The zero-order valence-electron chi connectivity index (χ0n) is 15.4. The highest BCUT2D eigenvalue weighted by atomic mass is 16.5. The number of hydrogen-bond donors (Lipinski definition) is 0. The van der Waals surface area contributed by atoms with Crippen molar-refractivity contribution in [1.29, 1.82) is 0 Å². The minimum atomic E-state index is 0.0969. The monoisotopic (exact) mass is 341 g/mol. The molecule has 1 aliphatic heterocycles. The molecular formula is C20H27N3O2. The summed E-state index contributed by atoms with van der Waals surface area (Å²) in [6.07, 6.45) is 2.21. The summed E-state index contributed by atoms with van der Waals surface area (Å²) in [5, 5.41) is 4.51. The molecule has 3 rings (SSSR count). The van der Waals surface area contributed by atoms with Gasteiger partial charge in [-0.1, -0.05) is 12.1 Å². The molecule has 0 radical (unpaired) electrons. The summed E-state index contributed by atoms with van der Waals surface area (Å²) in [6.45, 7) is 8.93. The average molecular weight is 341 g/mol. The minimum absolute atomic E-state index is 0.0969. The number of hydrogen-bond acceptors (Lipinski definition) is 3. The Morgan fingerprint density at radius 1 is 1.32 bits per heavy atom. The number of amides is 1. The molecule has 134 valence electrons. The quantitative estimate of drug-likeness (QED) is 0.839. The highest BCUT2D eigenvalue weighted by Crippen LogP contribution is 2.17. The molecule has 0 aliphatic carbocycles. The van der Waals surface area contributed by atoms with E-state index in [9.17, 15) is 4.79 Å². The molecule has 0 spiro atoms. The maximum atomic E-state index is 12.9. The number of aryl methyl sites for hydroxylation is 2. The van der Waals surface area contributed by atoms with Crippen molar-refractivity contribution in [1.82, 2.24) is 14.7 Å². The number of nitrogens with zero attached hydrogens (tertiary/aromatic N) is 3. The summed E-state index contributed by atoms with van der Waals surface area (Å²) >= 11 is 0. The van der Waals surface area contributed by atoms with E-state index < -0.39 is 0 Å². The minimum Gasteiger partial charge on any atom is -0.377 e. The van der Waals surface area contributed by atoms with Gasteiger partial charge < -0.3 is 9.64 Å². The van der Waals surface area contributed by atoms with Gasteiger partial charge in [0.2, 0.25) is 0 Å². The maximum absolute atomic E-state index is 12.9. The van der Waals surface area contributed by atoms with Gasteiger partial charge in [-0.2, -0.15) is 5.10 Å². The summed E-state index contributed by atoms with van der Waals surface area (Å²) < 4.78 is 7.69. The van der Waals surface area contributed by atoms with Crippen molar-refractivity contribution >= 4 is 5.91 Å². The molecule has 1 amide bonds. The molecule has 1 aromatic heterocycles. The van der Waals surface area contributed by atoms with Crippen LogP contribution in [0.1, 0.15) is 47.1 Å². The van der Waals surface area contributed by atoms with Gasteiger partial charge in [0.15, 0.2) is 0 Å². The first-order chi connectivity index (χ1) is 12.1. The number of ether oxygens (including phenoxy) is 1. The Balaban J connectivity index is 1.72. The Kier molecular flexibility index (Phi) is 5.53. The fourth-order valence-corrected chi connectivity index (χ4v) is 3.49. The van der Waals surface area contributed by atoms with Crippen LogP contribution < -0.4 is 0 Å². The molecular weight excluding hydrogens is 314 g/mol. The van der Waals surface area contributed by atoms with Crippen LogP contribution in [0.4, 0.5) is 0 Å². The Labute approximate surface area is 149 Å². The Bertz CT molecular complexity index is 736. The van der Waals surface area contributed by atoms with Gasteiger partial charge >= 0.3 is 0 Å². The second-order valence-corrected chi connectivity index (χ2v) is 6.76. The Hall–Kier alpha value is -2.14. The van der Waals surface area contributed by atoms with E-state index in [0.29, 0.717) is 19.7 Å². The van der Waals surface area contributed by atoms with E-state index in [1.54, 1.807) is 0 Å². The Morgan fingerprint density at radius 2 is 2.16 bits per heavy atom. The van der Waals surface area contributed by atoms with E-state index in [4.69, 9.17) is 4.74 Å². The summed E-state index contributed by atoms with van der Waals surface area (Å²) in [6, 6.07) is 9.96. The van der Waals surface area contributed by atoms with Crippen LogP contribution in [0.3, 0.4) is 0 Å². The van der Waals surface area contributed by atoms with Crippen LogP contribution in [0.5, 0.6) is 0 Å². The number of likely N-dealkylation sites (tertiary alicyclic amines) is 1. The summed E-state index contributed by atoms with van der Waals surface area (Å²) in [5.41, 5.74) is 3.98. The topological polar surface area (TPSA) is 47.4 Å². The standard InChI is InChI=1S/C20H27N3O2/c1-4-25-19-9-6-10-22(14-19)20(24)18-8-5-7-17(12-18)13-23-16(3)11-15(2)21-23/h5,7-8,11-12,19H,4,6,9-10,13-14H2,1-3H3/t19-/m0/s1. The van der Waals surface area contributed by atoms with Crippen LogP contribution in [0, 0.1) is 13.8 Å².